The fourth-order valence-corrected chi connectivity index (χ4v) is 3.71. The Balaban J connectivity index is 0.000000450. The number of rotatable bonds is 1. The molecule has 8 heteroatoms. The summed E-state index contributed by atoms with van der Waals surface area (Å²) in [6.45, 7) is 7.95. The maximum Gasteiger partial charge on any atom is 0.373 e. The van der Waals surface area contributed by atoms with Crippen molar-refractivity contribution >= 4 is 44.2 Å². The van der Waals surface area contributed by atoms with Crippen LogP contribution in [0, 0.1) is 13.8 Å². The van der Waals surface area contributed by atoms with Crippen LogP contribution in [-0.4, -0.2) is 43.6 Å². The Morgan fingerprint density at radius 2 is 1.03 bits per heavy atom. The third-order valence-corrected chi connectivity index (χ3v) is 6.38. The fourth-order valence-electron chi connectivity index (χ4n) is 3.07. The number of hydrogen-bond donors (Lipinski definition) is 0. The van der Waals surface area contributed by atoms with Crippen LogP contribution in [0.15, 0.2) is 53.0 Å². The van der Waals surface area contributed by atoms with Crippen molar-refractivity contribution in [2.24, 2.45) is 0 Å². The minimum atomic E-state index is 0.250. The van der Waals surface area contributed by atoms with Crippen molar-refractivity contribution < 1.29 is 28.7 Å². The zero-order chi connectivity index (χ0) is 25.6. The standard InChI is InChI=1S/C12H16O.C7H7Br.C5H9BrO.2CO2/c1-10-2-4-11(5-3-10)12-6-8-13-9-7-12;1-6-2-4-7(8)5-3-6;6-5-1-3-7-4-2-5;2*2-1-3/h2-5,12H,6-9H2,1H3;2-5H,1H3;5H,1-4H2;;. The lowest BCUT2D eigenvalue weighted by Crippen LogP contribution is -2.14. The van der Waals surface area contributed by atoms with E-state index in [1.807, 2.05) is 12.1 Å². The topological polar surface area (TPSA) is 86.7 Å². The van der Waals surface area contributed by atoms with Gasteiger partial charge in [-0.1, -0.05) is 79.4 Å². The highest BCUT2D eigenvalue weighted by Gasteiger charge is 2.15. The van der Waals surface area contributed by atoms with Crippen LogP contribution in [-0.2, 0) is 28.7 Å². The summed E-state index contributed by atoms with van der Waals surface area (Å²) in [5.41, 5.74) is 4.12. The quantitative estimate of drug-likeness (QED) is 0.371. The van der Waals surface area contributed by atoms with Gasteiger partial charge in [0.15, 0.2) is 0 Å². The summed E-state index contributed by atoms with van der Waals surface area (Å²) in [7, 11) is 0. The van der Waals surface area contributed by atoms with Gasteiger partial charge in [-0.05, 0) is 63.1 Å². The molecule has 2 aliphatic rings. The Kier molecular flexibility index (Phi) is 20.4. The molecule has 0 aliphatic carbocycles. The van der Waals surface area contributed by atoms with E-state index in [1.165, 1.54) is 42.4 Å². The predicted molar refractivity (Wildman–Crippen MR) is 136 cm³/mol. The third-order valence-electron chi connectivity index (χ3n) is 4.93. The minimum Gasteiger partial charge on any atom is -0.381 e. The van der Waals surface area contributed by atoms with Gasteiger partial charge in [-0.3, -0.25) is 0 Å². The molecule has 2 aliphatic heterocycles. The molecule has 0 amide bonds. The van der Waals surface area contributed by atoms with Gasteiger partial charge in [-0.25, -0.2) is 0 Å². The molecule has 186 valence electrons. The minimum absolute atomic E-state index is 0.250. The molecule has 2 saturated heterocycles. The number of alkyl halides is 1. The second kappa shape index (κ2) is 21.6. The number of benzene rings is 2. The van der Waals surface area contributed by atoms with Crippen molar-refractivity contribution in [2.75, 3.05) is 26.4 Å². The molecule has 2 aromatic carbocycles. The molecule has 4 rings (SSSR count). The number of ether oxygens (including phenoxy) is 2. The van der Waals surface area contributed by atoms with Gasteiger partial charge in [0.1, 0.15) is 0 Å². The van der Waals surface area contributed by atoms with Crippen molar-refractivity contribution in [1.29, 1.82) is 0 Å². The van der Waals surface area contributed by atoms with Crippen LogP contribution in [0.4, 0.5) is 0 Å². The number of aryl methyl sites for hydroxylation is 2. The molecule has 0 bridgehead atoms. The van der Waals surface area contributed by atoms with E-state index in [2.05, 4.69) is 82.1 Å². The van der Waals surface area contributed by atoms with E-state index in [0.29, 0.717) is 0 Å². The molecule has 0 atom stereocenters. The molecule has 0 saturated carbocycles. The van der Waals surface area contributed by atoms with Crippen LogP contribution < -0.4 is 0 Å². The molecule has 0 radical (unpaired) electrons. The first-order chi connectivity index (χ1) is 16.4. The Morgan fingerprint density at radius 1 is 0.676 bits per heavy atom. The van der Waals surface area contributed by atoms with Gasteiger partial charge in [-0.2, -0.15) is 19.2 Å². The van der Waals surface area contributed by atoms with Crippen LogP contribution in [0.3, 0.4) is 0 Å². The molecular weight excluding hydrogens is 568 g/mol. The molecule has 0 N–H and O–H groups in total. The second-order valence-electron chi connectivity index (χ2n) is 7.55. The maximum absolute atomic E-state index is 8.12. The first kappa shape index (κ1) is 32.1. The number of carbonyl (C=O) groups excluding carboxylic acids is 4. The van der Waals surface area contributed by atoms with Crippen LogP contribution in [0.5, 0.6) is 0 Å². The fraction of sp³-hybridized carbons (Fsp3) is 0.462. The van der Waals surface area contributed by atoms with E-state index in [9.17, 15) is 0 Å². The summed E-state index contributed by atoms with van der Waals surface area (Å²) in [5.74, 6) is 0.731. The van der Waals surface area contributed by atoms with Crippen molar-refractivity contribution in [3.8, 4) is 0 Å². The van der Waals surface area contributed by atoms with Gasteiger partial charge in [0, 0.05) is 35.7 Å². The van der Waals surface area contributed by atoms with E-state index in [4.69, 9.17) is 28.7 Å². The van der Waals surface area contributed by atoms with E-state index in [-0.39, 0.29) is 12.3 Å². The summed E-state index contributed by atoms with van der Waals surface area (Å²) >= 11 is 6.85. The Bertz CT molecular complexity index is 782. The van der Waals surface area contributed by atoms with E-state index >= 15 is 0 Å². The zero-order valence-corrected chi connectivity index (χ0v) is 22.8. The molecule has 0 aromatic heterocycles. The average molecular weight is 600 g/mol. The summed E-state index contributed by atoms with van der Waals surface area (Å²) in [6.07, 6.45) is 5.23. The van der Waals surface area contributed by atoms with Gasteiger partial charge in [0.2, 0.25) is 0 Å². The first-order valence-corrected chi connectivity index (χ1v) is 12.7. The average Bonchev–Trinajstić information content (AvgIpc) is 2.84. The summed E-state index contributed by atoms with van der Waals surface area (Å²) in [4.78, 5) is 33.2. The van der Waals surface area contributed by atoms with E-state index < -0.39 is 0 Å². The van der Waals surface area contributed by atoms with E-state index in [0.717, 1.165) is 41.6 Å². The molecule has 34 heavy (non-hydrogen) atoms. The van der Waals surface area contributed by atoms with Crippen LogP contribution >= 0.6 is 31.9 Å². The summed E-state index contributed by atoms with van der Waals surface area (Å²) < 4.78 is 11.6. The predicted octanol–water partition coefficient (Wildman–Crippen LogP) is 6.04. The van der Waals surface area contributed by atoms with Crippen molar-refractivity contribution in [3.05, 3.63) is 69.7 Å². The van der Waals surface area contributed by atoms with Gasteiger partial charge in [-0.15, -0.1) is 0 Å². The molecular formula is C26H32Br2O6. The molecule has 0 unspecified atom stereocenters. The second-order valence-corrected chi connectivity index (χ2v) is 9.76. The van der Waals surface area contributed by atoms with Gasteiger partial charge in [0.25, 0.3) is 0 Å². The maximum atomic E-state index is 8.12. The Morgan fingerprint density at radius 3 is 1.35 bits per heavy atom. The normalized spacial score (nSPS) is 15.1. The zero-order valence-electron chi connectivity index (χ0n) is 19.6. The molecule has 2 aromatic rings. The van der Waals surface area contributed by atoms with Crippen LogP contribution in [0.2, 0.25) is 0 Å². The lowest BCUT2D eigenvalue weighted by molar-refractivity contribution is -0.193. The smallest absolute Gasteiger partial charge is 0.373 e. The number of hydrogen-bond acceptors (Lipinski definition) is 6. The largest absolute Gasteiger partial charge is 0.381 e. The molecule has 2 fully saturated rings. The van der Waals surface area contributed by atoms with Crippen molar-refractivity contribution in [2.45, 2.75) is 50.3 Å². The highest BCUT2D eigenvalue weighted by molar-refractivity contribution is 9.10. The Hall–Kier alpha value is -1.92. The highest BCUT2D eigenvalue weighted by Crippen LogP contribution is 2.26. The SMILES string of the molecule is BrC1CCOCC1.Cc1ccc(Br)cc1.Cc1ccc(C2CCOCC2)cc1.O=C=O.O=C=O. The van der Waals surface area contributed by atoms with Crippen LogP contribution in [0.25, 0.3) is 0 Å². The number of halogens is 2. The lowest BCUT2D eigenvalue weighted by atomic mass is 9.91. The van der Waals surface area contributed by atoms with Gasteiger partial charge < -0.3 is 9.47 Å². The third kappa shape index (κ3) is 17.5. The van der Waals surface area contributed by atoms with Gasteiger partial charge >= 0.3 is 12.3 Å². The summed E-state index contributed by atoms with van der Waals surface area (Å²) in [5, 5.41) is 0. The lowest BCUT2D eigenvalue weighted by Gasteiger charge is -2.22. The van der Waals surface area contributed by atoms with Crippen LogP contribution in [0.1, 0.15) is 48.3 Å². The molecule has 6 nitrogen and oxygen atoms in total. The Labute approximate surface area is 218 Å². The van der Waals surface area contributed by atoms with E-state index in [1.54, 1.807) is 0 Å². The van der Waals surface area contributed by atoms with Crippen molar-refractivity contribution in [1.82, 2.24) is 0 Å². The monoisotopic (exact) mass is 598 g/mol. The molecule has 0 spiro atoms. The summed E-state index contributed by atoms with van der Waals surface area (Å²) in [6, 6.07) is 17.1. The van der Waals surface area contributed by atoms with Crippen molar-refractivity contribution in [3.63, 3.8) is 0 Å². The van der Waals surface area contributed by atoms with Gasteiger partial charge in [0.05, 0.1) is 0 Å². The first-order valence-electron chi connectivity index (χ1n) is 10.9. The molecule has 2 heterocycles. The highest BCUT2D eigenvalue weighted by atomic mass is 79.9.